The van der Waals surface area contributed by atoms with Gasteiger partial charge in [0.25, 0.3) is 0 Å². The summed E-state index contributed by atoms with van der Waals surface area (Å²) in [5, 5.41) is 0.657. The maximum Gasteiger partial charge on any atom is 0.228 e. The molecular weight excluding hydrogens is 300 g/mol. The van der Waals surface area contributed by atoms with Crippen molar-refractivity contribution in [3.8, 4) is 17.1 Å². The Morgan fingerprint density at radius 3 is 2.27 bits per heavy atom. The van der Waals surface area contributed by atoms with Crippen molar-refractivity contribution in [3.63, 3.8) is 0 Å². The molecule has 0 aliphatic carbocycles. The monoisotopic (exact) mass is 312 g/mol. The highest BCUT2D eigenvalue weighted by Crippen LogP contribution is 2.25. The Balaban J connectivity index is 1.86. The van der Waals surface area contributed by atoms with Gasteiger partial charge in [-0.05, 0) is 60.7 Å². The van der Waals surface area contributed by atoms with Gasteiger partial charge < -0.3 is 9.15 Å². The Morgan fingerprint density at radius 1 is 0.955 bits per heavy atom. The zero-order valence-corrected chi connectivity index (χ0v) is 12.6. The van der Waals surface area contributed by atoms with Crippen LogP contribution in [-0.2, 0) is 0 Å². The molecule has 0 amide bonds. The van der Waals surface area contributed by atoms with Crippen molar-refractivity contribution in [2.24, 2.45) is 0 Å². The van der Waals surface area contributed by atoms with Crippen LogP contribution in [0.15, 0.2) is 65.1 Å². The second kappa shape index (κ2) is 6.08. The number of carbonyl (C=O) groups is 1. The zero-order valence-electron chi connectivity index (χ0n) is 11.9. The second-order valence-electron chi connectivity index (χ2n) is 4.73. The highest BCUT2D eigenvalue weighted by molar-refractivity contribution is 6.30. The highest BCUT2D eigenvalue weighted by atomic mass is 35.5. The standard InChI is InChI=1S/C18H13ClO3/c1-21-15-8-4-13(5-9-15)18(20)17-11-10-16(22-17)12-2-6-14(19)7-3-12/h2-11H,1H3. The predicted octanol–water partition coefficient (Wildman–Crippen LogP) is 4.84. The fourth-order valence-corrected chi connectivity index (χ4v) is 2.24. The highest BCUT2D eigenvalue weighted by Gasteiger charge is 2.14. The zero-order chi connectivity index (χ0) is 15.5. The van der Waals surface area contributed by atoms with Gasteiger partial charge in [0.2, 0.25) is 5.78 Å². The summed E-state index contributed by atoms with van der Waals surface area (Å²) in [6.07, 6.45) is 0. The number of hydrogen-bond donors (Lipinski definition) is 0. The maximum atomic E-state index is 12.4. The average molecular weight is 313 g/mol. The molecule has 0 saturated heterocycles. The van der Waals surface area contributed by atoms with Gasteiger partial charge in [-0.2, -0.15) is 0 Å². The van der Waals surface area contributed by atoms with Gasteiger partial charge >= 0.3 is 0 Å². The number of hydrogen-bond acceptors (Lipinski definition) is 3. The normalized spacial score (nSPS) is 10.5. The summed E-state index contributed by atoms with van der Waals surface area (Å²) < 4.78 is 10.7. The molecule has 0 atom stereocenters. The fraction of sp³-hybridized carbons (Fsp3) is 0.0556. The summed E-state index contributed by atoms with van der Waals surface area (Å²) in [5.41, 5.74) is 1.43. The van der Waals surface area contributed by atoms with Gasteiger partial charge in [-0.15, -0.1) is 0 Å². The fourth-order valence-electron chi connectivity index (χ4n) is 2.11. The van der Waals surface area contributed by atoms with Crippen LogP contribution in [0.3, 0.4) is 0 Å². The van der Waals surface area contributed by atoms with Crippen LogP contribution in [-0.4, -0.2) is 12.9 Å². The third-order valence-corrected chi connectivity index (χ3v) is 3.56. The molecule has 3 rings (SSSR count). The van der Waals surface area contributed by atoms with Crippen LogP contribution >= 0.6 is 11.6 Å². The Kier molecular flexibility index (Phi) is 3.98. The lowest BCUT2D eigenvalue weighted by Gasteiger charge is -2.01. The summed E-state index contributed by atoms with van der Waals surface area (Å²) >= 11 is 5.86. The molecule has 0 radical (unpaired) electrons. The van der Waals surface area contributed by atoms with Crippen LogP contribution in [0.1, 0.15) is 16.1 Å². The predicted molar refractivity (Wildman–Crippen MR) is 85.6 cm³/mol. The van der Waals surface area contributed by atoms with Crippen molar-refractivity contribution >= 4 is 17.4 Å². The number of rotatable bonds is 4. The second-order valence-corrected chi connectivity index (χ2v) is 5.16. The van der Waals surface area contributed by atoms with Gasteiger partial charge in [0, 0.05) is 16.1 Å². The number of furan rings is 1. The van der Waals surface area contributed by atoms with Crippen molar-refractivity contribution in [1.82, 2.24) is 0 Å². The molecule has 22 heavy (non-hydrogen) atoms. The Labute approximate surface area is 133 Å². The third kappa shape index (κ3) is 2.90. The van der Waals surface area contributed by atoms with Gasteiger partial charge in [0.05, 0.1) is 7.11 Å². The van der Waals surface area contributed by atoms with E-state index in [1.165, 1.54) is 0 Å². The summed E-state index contributed by atoms with van der Waals surface area (Å²) in [4.78, 5) is 12.4. The van der Waals surface area contributed by atoms with Gasteiger partial charge in [0.15, 0.2) is 5.76 Å². The molecule has 0 aliphatic heterocycles. The van der Waals surface area contributed by atoms with E-state index in [9.17, 15) is 4.79 Å². The Bertz CT molecular complexity index is 786. The number of methoxy groups -OCH3 is 1. The first-order valence-corrected chi connectivity index (χ1v) is 7.10. The largest absolute Gasteiger partial charge is 0.497 e. The van der Waals surface area contributed by atoms with E-state index in [-0.39, 0.29) is 5.78 Å². The molecular formula is C18H13ClO3. The van der Waals surface area contributed by atoms with Crippen LogP contribution in [0, 0.1) is 0 Å². The van der Waals surface area contributed by atoms with E-state index in [1.54, 1.807) is 55.6 Å². The minimum atomic E-state index is -0.164. The molecule has 0 bridgehead atoms. The lowest BCUT2D eigenvalue weighted by atomic mass is 10.1. The van der Waals surface area contributed by atoms with Crippen LogP contribution in [0.25, 0.3) is 11.3 Å². The molecule has 110 valence electrons. The van der Waals surface area contributed by atoms with Crippen molar-refractivity contribution in [2.75, 3.05) is 7.11 Å². The summed E-state index contributed by atoms with van der Waals surface area (Å²) in [7, 11) is 1.59. The summed E-state index contributed by atoms with van der Waals surface area (Å²) in [6, 6.07) is 17.6. The molecule has 0 aliphatic rings. The van der Waals surface area contributed by atoms with E-state index in [0.29, 0.717) is 27.9 Å². The lowest BCUT2D eigenvalue weighted by Crippen LogP contribution is -1.99. The first-order valence-electron chi connectivity index (χ1n) is 6.72. The number of carbonyl (C=O) groups excluding carboxylic acids is 1. The van der Waals surface area contributed by atoms with Crippen molar-refractivity contribution in [1.29, 1.82) is 0 Å². The van der Waals surface area contributed by atoms with Crippen LogP contribution in [0.4, 0.5) is 0 Å². The average Bonchev–Trinajstić information content (AvgIpc) is 3.05. The SMILES string of the molecule is COc1ccc(C(=O)c2ccc(-c3ccc(Cl)cc3)o2)cc1. The van der Waals surface area contributed by atoms with Crippen LogP contribution in [0.5, 0.6) is 5.75 Å². The van der Waals surface area contributed by atoms with E-state index in [0.717, 1.165) is 5.56 Å². The molecule has 2 aromatic carbocycles. The first-order chi connectivity index (χ1) is 10.7. The van der Waals surface area contributed by atoms with E-state index in [4.69, 9.17) is 20.8 Å². The van der Waals surface area contributed by atoms with Gasteiger partial charge in [0.1, 0.15) is 11.5 Å². The lowest BCUT2D eigenvalue weighted by molar-refractivity contribution is 0.101. The minimum absolute atomic E-state index is 0.164. The van der Waals surface area contributed by atoms with E-state index in [1.807, 2.05) is 12.1 Å². The molecule has 1 aromatic heterocycles. The molecule has 3 nitrogen and oxygen atoms in total. The molecule has 4 heteroatoms. The van der Waals surface area contributed by atoms with Crippen molar-refractivity contribution < 1.29 is 13.9 Å². The third-order valence-electron chi connectivity index (χ3n) is 3.31. The number of halogens is 1. The van der Waals surface area contributed by atoms with E-state index in [2.05, 4.69) is 0 Å². The molecule has 3 aromatic rings. The van der Waals surface area contributed by atoms with Crippen molar-refractivity contribution in [3.05, 3.63) is 77.0 Å². The molecule has 0 unspecified atom stereocenters. The maximum absolute atomic E-state index is 12.4. The number of ketones is 1. The Morgan fingerprint density at radius 2 is 1.64 bits per heavy atom. The van der Waals surface area contributed by atoms with Gasteiger partial charge in [-0.25, -0.2) is 0 Å². The van der Waals surface area contributed by atoms with Crippen LogP contribution in [0.2, 0.25) is 5.02 Å². The van der Waals surface area contributed by atoms with Crippen LogP contribution < -0.4 is 4.74 Å². The first kappa shape index (κ1) is 14.4. The van der Waals surface area contributed by atoms with E-state index >= 15 is 0 Å². The van der Waals surface area contributed by atoms with E-state index < -0.39 is 0 Å². The van der Waals surface area contributed by atoms with Gasteiger partial charge in [-0.1, -0.05) is 11.6 Å². The topological polar surface area (TPSA) is 39.4 Å². The smallest absolute Gasteiger partial charge is 0.228 e. The molecule has 0 saturated carbocycles. The minimum Gasteiger partial charge on any atom is -0.497 e. The van der Waals surface area contributed by atoms with Gasteiger partial charge in [-0.3, -0.25) is 4.79 Å². The number of benzene rings is 2. The molecule has 1 heterocycles. The molecule has 0 fully saturated rings. The quantitative estimate of drug-likeness (QED) is 0.647. The molecule has 0 N–H and O–H groups in total. The van der Waals surface area contributed by atoms with Crippen molar-refractivity contribution in [2.45, 2.75) is 0 Å². The Hall–Kier alpha value is -2.52. The number of ether oxygens (including phenoxy) is 1. The summed E-state index contributed by atoms with van der Waals surface area (Å²) in [5.74, 6) is 1.48. The summed E-state index contributed by atoms with van der Waals surface area (Å²) in [6.45, 7) is 0. The molecule has 0 spiro atoms.